The summed E-state index contributed by atoms with van der Waals surface area (Å²) in [5, 5.41) is 0. The highest BCUT2D eigenvalue weighted by atomic mass is 14.6. The number of nitrogens with two attached hydrogens (primary N) is 1. The Kier molecular flexibility index (Phi) is 1.95. The molecule has 0 aromatic heterocycles. The van der Waals surface area contributed by atoms with Crippen LogP contribution in [0.2, 0.25) is 0 Å². The first-order chi connectivity index (χ1) is 4.61. The first-order valence-electron chi connectivity index (χ1n) is 3.71. The van der Waals surface area contributed by atoms with Gasteiger partial charge < -0.3 is 5.73 Å². The van der Waals surface area contributed by atoms with Crippen LogP contribution in [0, 0.1) is 0 Å². The Balaban J connectivity index is 2.92. The predicted molar refractivity (Wildman–Crippen MR) is 44.7 cm³/mol. The number of rotatable bonds is 0. The quantitative estimate of drug-likeness (QED) is 0.543. The van der Waals surface area contributed by atoms with Gasteiger partial charge in [-0.25, -0.2) is 0 Å². The van der Waals surface area contributed by atoms with Crippen molar-refractivity contribution >= 4 is 0 Å². The van der Waals surface area contributed by atoms with Gasteiger partial charge in [-0.15, -0.1) is 0 Å². The number of allylic oxidation sites excluding steroid dienone is 2. The minimum Gasteiger partial charge on any atom is -0.324 e. The van der Waals surface area contributed by atoms with Gasteiger partial charge in [-0.3, -0.25) is 0 Å². The summed E-state index contributed by atoms with van der Waals surface area (Å²) in [5.41, 5.74) is 9.94. The van der Waals surface area contributed by atoms with Crippen molar-refractivity contribution in [3.05, 3.63) is 22.8 Å². The fourth-order valence-electron chi connectivity index (χ4n) is 1.33. The maximum absolute atomic E-state index is 5.86. The molecule has 1 rings (SSSR count). The molecule has 0 saturated carbocycles. The maximum Gasteiger partial charge on any atom is 0.0294 e. The van der Waals surface area contributed by atoms with E-state index in [0.29, 0.717) is 0 Å². The van der Waals surface area contributed by atoms with E-state index >= 15 is 0 Å². The predicted octanol–water partition coefficient (Wildman–Crippen LogP) is 2.00. The molecule has 2 N–H and O–H groups in total. The molecule has 1 aliphatic rings. The third-order valence-electron chi connectivity index (χ3n) is 2.18. The van der Waals surface area contributed by atoms with Crippen molar-refractivity contribution in [1.29, 1.82) is 0 Å². The summed E-state index contributed by atoms with van der Waals surface area (Å²) in [6.07, 6.45) is 3.25. The van der Waals surface area contributed by atoms with E-state index in [1.165, 1.54) is 16.7 Å². The lowest BCUT2D eigenvalue weighted by Gasteiger charge is -2.19. The third kappa shape index (κ3) is 1.29. The second-order valence-electron chi connectivity index (χ2n) is 3.17. The summed E-state index contributed by atoms with van der Waals surface area (Å²) in [7, 11) is 0. The monoisotopic (exact) mass is 137 g/mol. The van der Waals surface area contributed by atoms with Crippen molar-refractivity contribution in [3.8, 4) is 0 Å². The average Bonchev–Trinajstić information content (AvgIpc) is 1.82. The van der Waals surface area contributed by atoms with Crippen LogP contribution in [0.15, 0.2) is 22.8 Å². The summed E-state index contributed by atoms with van der Waals surface area (Å²) in [6, 6.07) is 0.269. The molecule has 0 heterocycles. The molecule has 0 aromatic rings. The fraction of sp³-hybridized carbons (Fsp3) is 0.556. The lowest BCUT2D eigenvalue weighted by molar-refractivity contribution is 0.734. The molecule has 0 saturated heterocycles. The Labute approximate surface area is 62.6 Å². The fourth-order valence-corrected chi connectivity index (χ4v) is 1.33. The summed E-state index contributed by atoms with van der Waals surface area (Å²) in [4.78, 5) is 0. The topological polar surface area (TPSA) is 26.0 Å². The van der Waals surface area contributed by atoms with E-state index in [2.05, 4.69) is 26.8 Å². The zero-order chi connectivity index (χ0) is 7.72. The van der Waals surface area contributed by atoms with Gasteiger partial charge in [0.25, 0.3) is 0 Å². The summed E-state index contributed by atoms with van der Waals surface area (Å²) in [6.45, 7) is 6.37. The van der Waals surface area contributed by atoms with Crippen LogP contribution < -0.4 is 5.73 Å². The molecule has 1 unspecified atom stereocenters. The summed E-state index contributed by atoms with van der Waals surface area (Å²) < 4.78 is 0. The highest BCUT2D eigenvalue weighted by Crippen LogP contribution is 2.21. The van der Waals surface area contributed by atoms with Crippen molar-refractivity contribution in [1.82, 2.24) is 0 Å². The third-order valence-corrected chi connectivity index (χ3v) is 2.18. The molecule has 1 atom stereocenters. The Morgan fingerprint density at radius 1 is 1.40 bits per heavy atom. The molecule has 0 aliphatic heterocycles. The summed E-state index contributed by atoms with van der Waals surface area (Å²) >= 11 is 0. The van der Waals surface area contributed by atoms with Crippen LogP contribution in [0.4, 0.5) is 0 Å². The molecule has 10 heavy (non-hydrogen) atoms. The maximum atomic E-state index is 5.86. The van der Waals surface area contributed by atoms with Crippen molar-refractivity contribution in [2.75, 3.05) is 0 Å². The van der Waals surface area contributed by atoms with Gasteiger partial charge in [-0.05, 0) is 27.2 Å². The zero-order valence-corrected chi connectivity index (χ0v) is 6.94. The van der Waals surface area contributed by atoms with Gasteiger partial charge in [0.1, 0.15) is 0 Å². The molecule has 0 amide bonds. The minimum atomic E-state index is 0.269. The molecule has 0 aromatic carbocycles. The van der Waals surface area contributed by atoms with Crippen molar-refractivity contribution in [3.63, 3.8) is 0 Å². The highest BCUT2D eigenvalue weighted by Gasteiger charge is 2.11. The largest absolute Gasteiger partial charge is 0.324 e. The molecule has 1 nitrogen and oxygen atoms in total. The van der Waals surface area contributed by atoms with Gasteiger partial charge in [0, 0.05) is 6.04 Å². The summed E-state index contributed by atoms with van der Waals surface area (Å²) in [5.74, 6) is 0. The average molecular weight is 137 g/mol. The van der Waals surface area contributed by atoms with Gasteiger partial charge in [0.15, 0.2) is 0 Å². The van der Waals surface area contributed by atoms with E-state index in [1.54, 1.807) is 0 Å². The van der Waals surface area contributed by atoms with E-state index in [0.717, 1.165) is 6.42 Å². The van der Waals surface area contributed by atoms with Crippen LogP contribution in [0.3, 0.4) is 0 Å². The minimum absolute atomic E-state index is 0.269. The van der Waals surface area contributed by atoms with Crippen LogP contribution in [-0.2, 0) is 0 Å². The zero-order valence-electron chi connectivity index (χ0n) is 6.94. The smallest absolute Gasteiger partial charge is 0.0294 e. The van der Waals surface area contributed by atoms with Gasteiger partial charge in [-0.1, -0.05) is 22.8 Å². The van der Waals surface area contributed by atoms with E-state index in [9.17, 15) is 0 Å². The van der Waals surface area contributed by atoms with Gasteiger partial charge >= 0.3 is 0 Å². The Bertz CT molecular complexity index is 199. The van der Waals surface area contributed by atoms with E-state index in [1.807, 2.05) is 0 Å². The molecule has 1 aliphatic carbocycles. The van der Waals surface area contributed by atoms with Crippen LogP contribution in [-0.4, -0.2) is 6.04 Å². The van der Waals surface area contributed by atoms with Crippen LogP contribution in [0.1, 0.15) is 27.2 Å². The van der Waals surface area contributed by atoms with Gasteiger partial charge in [-0.2, -0.15) is 0 Å². The lowest BCUT2D eigenvalue weighted by atomic mass is 9.91. The van der Waals surface area contributed by atoms with E-state index in [-0.39, 0.29) is 6.04 Å². The Hall–Kier alpha value is -0.560. The Morgan fingerprint density at radius 3 is 2.50 bits per heavy atom. The van der Waals surface area contributed by atoms with Crippen molar-refractivity contribution < 1.29 is 0 Å². The first kappa shape index (κ1) is 7.55. The number of hydrogen-bond donors (Lipinski definition) is 1. The van der Waals surface area contributed by atoms with Crippen molar-refractivity contribution in [2.24, 2.45) is 5.73 Å². The van der Waals surface area contributed by atoms with Crippen molar-refractivity contribution in [2.45, 2.75) is 33.2 Å². The van der Waals surface area contributed by atoms with E-state index in [4.69, 9.17) is 5.73 Å². The van der Waals surface area contributed by atoms with Crippen LogP contribution >= 0.6 is 0 Å². The second-order valence-corrected chi connectivity index (χ2v) is 3.17. The lowest BCUT2D eigenvalue weighted by Crippen LogP contribution is -2.24. The van der Waals surface area contributed by atoms with Crippen LogP contribution in [0.25, 0.3) is 0 Å². The standard InChI is InChI=1S/C9H15N/c1-6-4-7(2)8(3)9(10)5-6/h4,9H,5,10H2,1-3H3. The molecule has 0 spiro atoms. The normalized spacial score (nSPS) is 26.8. The molecular weight excluding hydrogens is 122 g/mol. The van der Waals surface area contributed by atoms with Crippen LogP contribution in [0.5, 0.6) is 0 Å². The Morgan fingerprint density at radius 2 is 2.00 bits per heavy atom. The van der Waals surface area contributed by atoms with E-state index < -0.39 is 0 Å². The SMILES string of the molecule is CC1=CC(C)=C(C)C(N)C1. The molecule has 0 bridgehead atoms. The second kappa shape index (κ2) is 2.59. The molecule has 0 radical (unpaired) electrons. The van der Waals surface area contributed by atoms with Gasteiger partial charge in [0.2, 0.25) is 0 Å². The highest BCUT2D eigenvalue weighted by molar-refractivity contribution is 5.33. The molecule has 1 heteroatoms. The molecule has 0 fully saturated rings. The first-order valence-corrected chi connectivity index (χ1v) is 3.71. The van der Waals surface area contributed by atoms with Gasteiger partial charge in [0.05, 0.1) is 0 Å². The molecule has 56 valence electrons. The number of hydrogen-bond acceptors (Lipinski definition) is 1. The molecular formula is C9H15N.